The Morgan fingerprint density at radius 2 is 2.00 bits per heavy atom. The normalized spacial score (nSPS) is 15.7. The number of hydrogen-bond acceptors (Lipinski definition) is 5. The van der Waals surface area contributed by atoms with Gasteiger partial charge in [0.1, 0.15) is 5.15 Å². The highest BCUT2D eigenvalue weighted by Crippen LogP contribution is 2.34. The van der Waals surface area contributed by atoms with E-state index in [0.29, 0.717) is 5.69 Å². The molecule has 2 rings (SSSR count). The number of aliphatic imine (C=N–C) groups is 1. The number of rotatable bonds is 6. The molecular weight excluding hydrogens is 363 g/mol. The Balaban J connectivity index is 2.40. The van der Waals surface area contributed by atoms with E-state index in [9.17, 15) is 9.59 Å². The highest BCUT2D eigenvalue weighted by Gasteiger charge is 2.32. The van der Waals surface area contributed by atoms with Crippen LogP contribution in [0.1, 0.15) is 35.8 Å². The SMILES string of the molecule is CCOC(=O)C(C=NC1CC1)C(=O)c1c(C)nc(Cl)c(Cl)c1Cl. The molecule has 0 bridgehead atoms. The van der Waals surface area contributed by atoms with Gasteiger partial charge in [0.2, 0.25) is 0 Å². The molecule has 1 aromatic rings. The molecule has 0 aliphatic heterocycles. The van der Waals surface area contributed by atoms with Crippen LogP contribution in [0.4, 0.5) is 0 Å². The summed E-state index contributed by atoms with van der Waals surface area (Å²) in [6, 6.07) is 0.170. The van der Waals surface area contributed by atoms with Gasteiger partial charge in [-0.05, 0) is 26.7 Å². The van der Waals surface area contributed by atoms with Gasteiger partial charge in [0.05, 0.1) is 27.9 Å². The van der Waals surface area contributed by atoms with E-state index in [1.165, 1.54) is 6.21 Å². The fourth-order valence-electron chi connectivity index (χ4n) is 1.95. The smallest absolute Gasteiger partial charge is 0.322 e. The van der Waals surface area contributed by atoms with Gasteiger partial charge in [-0.3, -0.25) is 14.6 Å². The van der Waals surface area contributed by atoms with Crippen molar-refractivity contribution >= 4 is 52.8 Å². The molecule has 5 nitrogen and oxygen atoms in total. The molecule has 1 fully saturated rings. The number of Topliss-reactive ketones (excluding diaryl/α,β-unsaturated/α-hetero) is 1. The number of esters is 1. The molecule has 0 amide bonds. The number of aryl methyl sites for hydroxylation is 1. The third kappa shape index (κ3) is 4.22. The number of ether oxygens (including phenoxy) is 1. The molecule has 124 valence electrons. The van der Waals surface area contributed by atoms with Gasteiger partial charge >= 0.3 is 5.97 Å². The Kier molecular flexibility index (Phi) is 6.00. The van der Waals surface area contributed by atoms with Crippen LogP contribution in [0.3, 0.4) is 0 Å². The molecule has 0 aromatic carbocycles. The number of aromatic nitrogens is 1. The fraction of sp³-hybridized carbons (Fsp3) is 0.467. The second kappa shape index (κ2) is 7.60. The van der Waals surface area contributed by atoms with Crippen LogP contribution in [-0.4, -0.2) is 35.6 Å². The lowest BCUT2D eigenvalue weighted by molar-refractivity contribution is -0.143. The lowest BCUT2D eigenvalue weighted by Gasteiger charge is -2.14. The topological polar surface area (TPSA) is 68.6 Å². The minimum absolute atomic E-state index is 0.00467. The van der Waals surface area contributed by atoms with Crippen molar-refractivity contribution in [2.45, 2.75) is 32.7 Å². The number of carbonyl (C=O) groups excluding carboxylic acids is 2. The Bertz CT molecular complexity index is 672. The Labute approximate surface area is 149 Å². The van der Waals surface area contributed by atoms with Gasteiger partial charge in [-0.1, -0.05) is 34.8 Å². The van der Waals surface area contributed by atoms with Gasteiger partial charge in [0.25, 0.3) is 0 Å². The average Bonchev–Trinajstić information content (AvgIpc) is 3.29. The summed E-state index contributed by atoms with van der Waals surface area (Å²) < 4.78 is 4.96. The summed E-state index contributed by atoms with van der Waals surface area (Å²) in [5, 5.41) is -0.0441. The first kappa shape index (κ1) is 18.2. The molecule has 1 unspecified atom stereocenters. The third-order valence-corrected chi connectivity index (χ3v) is 4.50. The van der Waals surface area contributed by atoms with Crippen LogP contribution < -0.4 is 0 Å². The summed E-state index contributed by atoms with van der Waals surface area (Å²) >= 11 is 17.9. The van der Waals surface area contributed by atoms with E-state index >= 15 is 0 Å². The zero-order chi connectivity index (χ0) is 17.1. The van der Waals surface area contributed by atoms with Crippen LogP contribution >= 0.6 is 34.8 Å². The van der Waals surface area contributed by atoms with Crippen molar-refractivity contribution in [3.8, 4) is 0 Å². The van der Waals surface area contributed by atoms with E-state index in [1.807, 2.05) is 0 Å². The number of hydrogen-bond donors (Lipinski definition) is 0. The largest absolute Gasteiger partial charge is 0.465 e. The molecule has 1 saturated carbocycles. The Hall–Kier alpha value is -1.17. The maximum Gasteiger partial charge on any atom is 0.322 e. The second-order valence-electron chi connectivity index (χ2n) is 5.11. The average molecular weight is 378 g/mol. The molecule has 1 aliphatic carbocycles. The van der Waals surface area contributed by atoms with Gasteiger partial charge in [0, 0.05) is 12.3 Å². The van der Waals surface area contributed by atoms with E-state index in [0.717, 1.165) is 12.8 Å². The van der Waals surface area contributed by atoms with Crippen molar-refractivity contribution in [3.05, 3.63) is 26.5 Å². The molecule has 1 aromatic heterocycles. The monoisotopic (exact) mass is 376 g/mol. The van der Waals surface area contributed by atoms with E-state index < -0.39 is 17.7 Å². The van der Waals surface area contributed by atoms with Crippen LogP contribution in [0, 0.1) is 12.8 Å². The van der Waals surface area contributed by atoms with Gasteiger partial charge in [-0.2, -0.15) is 0 Å². The van der Waals surface area contributed by atoms with Crippen LogP contribution in [-0.2, 0) is 9.53 Å². The molecule has 0 saturated heterocycles. The van der Waals surface area contributed by atoms with E-state index in [4.69, 9.17) is 39.5 Å². The number of pyridine rings is 1. The summed E-state index contributed by atoms with van der Waals surface area (Å²) in [5.74, 6) is -2.41. The van der Waals surface area contributed by atoms with E-state index in [-0.39, 0.29) is 33.4 Å². The number of halogens is 3. The molecule has 1 atom stereocenters. The lowest BCUT2D eigenvalue weighted by Crippen LogP contribution is -2.29. The fourth-order valence-corrected chi connectivity index (χ4v) is 2.68. The van der Waals surface area contributed by atoms with Crippen LogP contribution in [0.25, 0.3) is 0 Å². The second-order valence-corrected chi connectivity index (χ2v) is 6.23. The molecule has 23 heavy (non-hydrogen) atoms. The van der Waals surface area contributed by atoms with Gasteiger partial charge in [-0.25, -0.2) is 4.98 Å². The van der Waals surface area contributed by atoms with Crippen molar-refractivity contribution in [2.24, 2.45) is 10.9 Å². The maximum atomic E-state index is 12.8. The van der Waals surface area contributed by atoms with Gasteiger partial charge in [-0.15, -0.1) is 0 Å². The number of nitrogens with zero attached hydrogens (tertiary/aromatic N) is 2. The molecule has 0 radical (unpaired) electrons. The predicted molar refractivity (Wildman–Crippen MR) is 90.0 cm³/mol. The summed E-state index contributed by atoms with van der Waals surface area (Å²) in [6.07, 6.45) is 3.24. The molecule has 1 heterocycles. The van der Waals surface area contributed by atoms with Crippen molar-refractivity contribution in [2.75, 3.05) is 6.61 Å². The maximum absolute atomic E-state index is 12.8. The third-order valence-electron chi connectivity index (χ3n) is 3.28. The van der Waals surface area contributed by atoms with Crippen molar-refractivity contribution in [1.29, 1.82) is 0 Å². The minimum atomic E-state index is -1.18. The highest BCUT2D eigenvalue weighted by molar-refractivity contribution is 6.49. The van der Waals surface area contributed by atoms with Gasteiger partial charge in [0.15, 0.2) is 11.7 Å². The van der Waals surface area contributed by atoms with E-state index in [1.54, 1.807) is 13.8 Å². The molecule has 1 aliphatic rings. The zero-order valence-electron chi connectivity index (χ0n) is 12.6. The summed E-state index contributed by atoms with van der Waals surface area (Å²) in [5.41, 5.74) is 0.352. The predicted octanol–water partition coefficient (Wildman–Crippen LogP) is 3.95. The highest BCUT2D eigenvalue weighted by atomic mass is 35.5. The summed E-state index contributed by atoms with van der Waals surface area (Å²) in [7, 11) is 0. The Morgan fingerprint density at radius 3 is 2.57 bits per heavy atom. The van der Waals surface area contributed by atoms with Gasteiger partial charge < -0.3 is 4.74 Å². The van der Waals surface area contributed by atoms with Crippen molar-refractivity contribution in [3.63, 3.8) is 0 Å². The van der Waals surface area contributed by atoms with E-state index in [2.05, 4.69) is 9.98 Å². The quantitative estimate of drug-likeness (QED) is 0.247. The summed E-state index contributed by atoms with van der Waals surface area (Å²) in [6.45, 7) is 3.39. The van der Waals surface area contributed by atoms with Crippen molar-refractivity contribution in [1.82, 2.24) is 4.98 Å². The standard InChI is InChI=1S/C15H15Cl3N2O3/c1-3-23-15(22)9(6-19-8-4-5-8)13(21)10-7(2)20-14(18)12(17)11(10)16/h6,8-9H,3-5H2,1-2H3. The molecule has 8 heteroatoms. The lowest BCUT2D eigenvalue weighted by atomic mass is 9.97. The first-order valence-corrected chi connectivity index (χ1v) is 8.25. The molecular formula is C15H15Cl3N2O3. The van der Waals surface area contributed by atoms with Crippen LogP contribution in [0.5, 0.6) is 0 Å². The molecule has 0 N–H and O–H groups in total. The van der Waals surface area contributed by atoms with Crippen LogP contribution in [0.15, 0.2) is 4.99 Å². The van der Waals surface area contributed by atoms with Crippen LogP contribution in [0.2, 0.25) is 15.2 Å². The zero-order valence-corrected chi connectivity index (χ0v) is 14.9. The Morgan fingerprint density at radius 1 is 1.35 bits per heavy atom. The first-order valence-electron chi connectivity index (χ1n) is 7.12. The number of carbonyl (C=O) groups is 2. The van der Waals surface area contributed by atoms with Crippen molar-refractivity contribution < 1.29 is 14.3 Å². The number of ketones is 1. The first-order chi connectivity index (χ1) is 10.9. The molecule has 0 spiro atoms. The minimum Gasteiger partial charge on any atom is -0.465 e. The summed E-state index contributed by atoms with van der Waals surface area (Å²) in [4.78, 5) is 33.1.